The summed E-state index contributed by atoms with van der Waals surface area (Å²) in [6.07, 6.45) is 3.41. The average Bonchev–Trinajstić information content (AvgIpc) is 1.80. The summed E-state index contributed by atoms with van der Waals surface area (Å²) in [5.74, 6) is 3.00. The fourth-order valence-corrected chi connectivity index (χ4v) is 0.456. The molecule has 0 N–H and O–H groups in total. The maximum Gasteiger partial charge on any atom is 0.221 e. The van der Waals surface area contributed by atoms with E-state index in [0.29, 0.717) is 0 Å². The SMILES string of the molecule is C=[N+](C)C#CCCCC. The zero-order chi connectivity index (χ0) is 7.11. The van der Waals surface area contributed by atoms with Gasteiger partial charge in [0, 0.05) is 6.42 Å². The highest BCUT2D eigenvalue weighted by atomic mass is 14.9. The second kappa shape index (κ2) is 5.37. The molecule has 0 aromatic rings. The van der Waals surface area contributed by atoms with Gasteiger partial charge in [-0.15, -0.1) is 0 Å². The van der Waals surface area contributed by atoms with Gasteiger partial charge in [0.05, 0.1) is 0 Å². The molecule has 0 aliphatic carbocycles. The predicted molar refractivity (Wildman–Crippen MR) is 40.6 cm³/mol. The van der Waals surface area contributed by atoms with Crippen LogP contribution in [-0.2, 0) is 0 Å². The molecule has 0 rings (SSSR count). The Balaban J connectivity index is 3.27. The lowest BCUT2D eigenvalue weighted by Gasteiger charge is -1.80. The first-order chi connectivity index (χ1) is 4.27. The van der Waals surface area contributed by atoms with E-state index >= 15 is 0 Å². The molecule has 0 radical (unpaired) electrons. The van der Waals surface area contributed by atoms with E-state index in [0.717, 1.165) is 6.42 Å². The minimum atomic E-state index is 0.996. The smallest absolute Gasteiger partial charge is 0.160 e. The number of hydrogen-bond donors (Lipinski definition) is 0. The zero-order valence-corrected chi connectivity index (χ0v) is 6.28. The first-order valence-electron chi connectivity index (χ1n) is 3.30. The van der Waals surface area contributed by atoms with Gasteiger partial charge in [-0.3, -0.25) is 0 Å². The van der Waals surface area contributed by atoms with Gasteiger partial charge in [-0.2, -0.15) is 4.58 Å². The standard InChI is InChI=1S/C8H14N/c1-4-5-6-7-8-9(2)3/h2,4-6H2,1,3H3/q+1. The number of nitrogens with zero attached hydrogens (tertiary/aromatic N) is 1. The number of rotatable bonds is 2. The molecule has 50 valence electrons. The summed E-state index contributed by atoms with van der Waals surface area (Å²) in [7, 11) is 1.85. The van der Waals surface area contributed by atoms with Crippen molar-refractivity contribution in [1.82, 2.24) is 0 Å². The van der Waals surface area contributed by atoms with E-state index in [2.05, 4.69) is 25.6 Å². The molecule has 0 spiro atoms. The van der Waals surface area contributed by atoms with Crippen LogP contribution in [0.2, 0.25) is 0 Å². The predicted octanol–water partition coefficient (Wildman–Crippen LogP) is 1.48. The van der Waals surface area contributed by atoms with Crippen molar-refractivity contribution in [3.63, 3.8) is 0 Å². The van der Waals surface area contributed by atoms with Crippen LogP contribution in [0.25, 0.3) is 0 Å². The fourth-order valence-electron chi connectivity index (χ4n) is 0.456. The van der Waals surface area contributed by atoms with E-state index in [9.17, 15) is 0 Å². The van der Waals surface area contributed by atoms with Crippen LogP contribution >= 0.6 is 0 Å². The third kappa shape index (κ3) is 7.23. The van der Waals surface area contributed by atoms with Gasteiger partial charge in [0.2, 0.25) is 6.04 Å². The molecule has 0 aromatic heterocycles. The molecule has 0 aliphatic rings. The molecule has 0 saturated heterocycles. The van der Waals surface area contributed by atoms with Gasteiger partial charge < -0.3 is 0 Å². The molecule has 0 aromatic carbocycles. The van der Waals surface area contributed by atoms with E-state index < -0.39 is 0 Å². The molecular weight excluding hydrogens is 110 g/mol. The normalized spacial score (nSPS) is 7.78. The summed E-state index contributed by atoms with van der Waals surface area (Å²) in [6.45, 7) is 5.76. The Hall–Kier alpha value is -0.770. The molecule has 0 bridgehead atoms. The maximum absolute atomic E-state index is 3.60. The van der Waals surface area contributed by atoms with E-state index in [1.165, 1.54) is 12.8 Å². The monoisotopic (exact) mass is 124 g/mol. The molecule has 9 heavy (non-hydrogen) atoms. The van der Waals surface area contributed by atoms with Crippen molar-refractivity contribution in [3.05, 3.63) is 0 Å². The fraction of sp³-hybridized carbons (Fsp3) is 0.625. The summed E-state index contributed by atoms with van der Waals surface area (Å²) in [5, 5.41) is 0. The average molecular weight is 124 g/mol. The second-order valence-electron chi connectivity index (χ2n) is 2.09. The van der Waals surface area contributed by atoms with Crippen molar-refractivity contribution in [2.45, 2.75) is 26.2 Å². The van der Waals surface area contributed by atoms with Crippen molar-refractivity contribution in [2.75, 3.05) is 7.05 Å². The third-order valence-electron chi connectivity index (χ3n) is 0.925. The molecule has 0 heterocycles. The van der Waals surface area contributed by atoms with Crippen LogP contribution in [0.3, 0.4) is 0 Å². The number of hydrogen-bond acceptors (Lipinski definition) is 0. The van der Waals surface area contributed by atoms with Crippen molar-refractivity contribution >= 4 is 6.72 Å². The molecule has 0 fully saturated rings. The van der Waals surface area contributed by atoms with Gasteiger partial charge in [-0.25, -0.2) is 0 Å². The lowest BCUT2D eigenvalue weighted by Crippen LogP contribution is -1.88. The first-order valence-corrected chi connectivity index (χ1v) is 3.30. The Kier molecular flexibility index (Phi) is 4.91. The lowest BCUT2D eigenvalue weighted by molar-refractivity contribution is -0.389. The van der Waals surface area contributed by atoms with Crippen molar-refractivity contribution in [1.29, 1.82) is 0 Å². The van der Waals surface area contributed by atoms with Gasteiger partial charge in [-0.1, -0.05) is 13.3 Å². The van der Waals surface area contributed by atoms with Gasteiger partial charge in [0.15, 0.2) is 0 Å². The third-order valence-corrected chi connectivity index (χ3v) is 0.925. The summed E-state index contributed by atoms with van der Waals surface area (Å²) in [6, 6.07) is 2.85. The van der Waals surface area contributed by atoms with Crippen LogP contribution in [0.15, 0.2) is 0 Å². The molecule has 0 saturated carbocycles. The summed E-state index contributed by atoms with van der Waals surface area (Å²) in [4.78, 5) is 0. The zero-order valence-electron chi connectivity index (χ0n) is 6.28. The van der Waals surface area contributed by atoms with Gasteiger partial charge in [-0.05, 0) is 12.3 Å². The van der Waals surface area contributed by atoms with E-state index in [1.54, 1.807) is 4.58 Å². The largest absolute Gasteiger partial charge is 0.221 e. The highest BCUT2D eigenvalue weighted by Crippen LogP contribution is 1.89. The molecule has 1 nitrogen and oxygen atoms in total. The van der Waals surface area contributed by atoms with Crippen LogP contribution < -0.4 is 0 Å². The maximum atomic E-state index is 3.60. The van der Waals surface area contributed by atoms with Crippen molar-refractivity contribution in [2.24, 2.45) is 0 Å². The molecule has 1 heteroatoms. The van der Waals surface area contributed by atoms with Crippen molar-refractivity contribution < 1.29 is 4.58 Å². The summed E-state index contributed by atoms with van der Waals surface area (Å²) < 4.78 is 1.63. The number of unbranched alkanes of at least 4 members (excludes halogenated alkanes) is 2. The topological polar surface area (TPSA) is 3.01 Å². The van der Waals surface area contributed by atoms with E-state index in [4.69, 9.17) is 0 Å². The lowest BCUT2D eigenvalue weighted by atomic mass is 10.3. The minimum absolute atomic E-state index is 0.996. The van der Waals surface area contributed by atoms with Gasteiger partial charge >= 0.3 is 0 Å². The van der Waals surface area contributed by atoms with Crippen LogP contribution in [-0.4, -0.2) is 18.3 Å². The van der Waals surface area contributed by atoms with Crippen molar-refractivity contribution in [3.8, 4) is 12.0 Å². The summed E-state index contributed by atoms with van der Waals surface area (Å²) in [5.41, 5.74) is 0. The van der Waals surface area contributed by atoms with Gasteiger partial charge in [0.25, 0.3) is 0 Å². The molecule has 0 aliphatic heterocycles. The second-order valence-corrected chi connectivity index (χ2v) is 2.09. The Morgan fingerprint density at radius 2 is 2.22 bits per heavy atom. The Bertz CT molecular complexity index is 136. The van der Waals surface area contributed by atoms with E-state index in [1.807, 2.05) is 7.05 Å². The summed E-state index contributed by atoms with van der Waals surface area (Å²) >= 11 is 0. The quantitative estimate of drug-likeness (QED) is 0.172. The first kappa shape index (κ1) is 8.23. The van der Waals surface area contributed by atoms with Crippen LogP contribution in [0.4, 0.5) is 0 Å². The Morgan fingerprint density at radius 1 is 1.56 bits per heavy atom. The van der Waals surface area contributed by atoms with E-state index in [-0.39, 0.29) is 0 Å². The Morgan fingerprint density at radius 3 is 2.67 bits per heavy atom. The van der Waals surface area contributed by atoms with Crippen LogP contribution in [0.1, 0.15) is 26.2 Å². The molecular formula is C8H14N+. The highest BCUT2D eigenvalue weighted by molar-refractivity contribution is 5.16. The van der Waals surface area contributed by atoms with Crippen LogP contribution in [0, 0.1) is 12.0 Å². The molecule has 0 amide bonds. The molecule has 0 unspecified atom stereocenters. The van der Waals surface area contributed by atoms with Crippen LogP contribution in [0.5, 0.6) is 0 Å². The minimum Gasteiger partial charge on any atom is -0.160 e. The molecule has 0 atom stereocenters. The Labute approximate surface area is 57.4 Å². The van der Waals surface area contributed by atoms with Gasteiger partial charge in [0.1, 0.15) is 13.8 Å². The highest BCUT2D eigenvalue weighted by Gasteiger charge is 1.79.